The molecular formula is C18H17F3N6O2. The quantitative estimate of drug-likeness (QED) is 0.681. The lowest BCUT2D eigenvalue weighted by Crippen LogP contribution is -2.35. The minimum absolute atomic E-state index is 0.0464. The van der Waals surface area contributed by atoms with Gasteiger partial charge in [-0.1, -0.05) is 0 Å². The minimum atomic E-state index is -4.48. The number of alkyl halides is 3. The Balaban J connectivity index is 1.52. The van der Waals surface area contributed by atoms with Crippen LogP contribution in [0.4, 0.5) is 19.0 Å². The molecular weight excluding hydrogens is 389 g/mol. The Morgan fingerprint density at radius 3 is 2.76 bits per heavy atom. The highest BCUT2D eigenvalue weighted by atomic mass is 19.4. The Bertz CT molecular complexity index is 1080. The smallest absolute Gasteiger partial charge is 0.331 e. The zero-order chi connectivity index (χ0) is 20.8. The number of rotatable bonds is 5. The van der Waals surface area contributed by atoms with Crippen LogP contribution in [0, 0.1) is 5.92 Å². The monoisotopic (exact) mass is 406 g/mol. The number of amides is 2. The molecule has 1 saturated carbocycles. The number of fused-ring (bicyclic) bond motifs is 1. The molecule has 0 saturated heterocycles. The fourth-order valence-corrected chi connectivity index (χ4v) is 2.90. The summed E-state index contributed by atoms with van der Waals surface area (Å²) in [6, 6.07) is 4.83. The number of carbonyl (C=O) groups excluding carboxylic acids is 2. The summed E-state index contributed by atoms with van der Waals surface area (Å²) < 4.78 is 39.1. The van der Waals surface area contributed by atoms with E-state index in [1.165, 1.54) is 6.07 Å². The second kappa shape index (κ2) is 6.90. The van der Waals surface area contributed by atoms with Crippen molar-refractivity contribution in [3.63, 3.8) is 0 Å². The molecule has 29 heavy (non-hydrogen) atoms. The highest BCUT2D eigenvalue weighted by Gasteiger charge is 2.32. The summed E-state index contributed by atoms with van der Waals surface area (Å²) in [6.45, 7) is -1.35. The third-order valence-electron chi connectivity index (χ3n) is 4.52. The molecule has 3 heterocycles. The van der Waals surface area contributed by atoms with E-state index in [1.807, 2.05) is 0 Å². The number of aromatic amines is 1. The lowest BCUT2D eigenvalue weighted by Gasteiger charge is -2.17. The normalized spacial score (nSPS) is 14.2. The van der Waals surface area contributed by atoms with Crippen molar-refractivity contribution in [3.05, 3.63) is 36.3 Å². The van der Waals surface area contributed by atoms with Crippen LogP contribution in [-0.2, 0) is 4.79 Å². The first kappa shape index (κ1) is 19.0. The largest absolute Gasteiger partial charge is 0.406 e. The van der Waals surface area contributed by atoms with Crippen molar-refractivity contribution in [3.8, 4) is 11.3 Å². The first-order valence-electron chi connectivity index (χ1n) is 8.87. The molecule has 0 unspecified atom stereocenters. The van der Waals surface area contributed by atoms with Gasteiger partial charge in [-0.05, 0) is 31.0 Å². The molecule has 0 spiro atoms. The predicted molar refractivity (Wildman–Crippen MR) is 97.1 cm³/mol. The maximum Gasteiger partial charge on any atom is 0.406 e. The molecule has 0 radical (unpaired) electrons. The number of anilines is 1. The number of aromatic nitrogens is 4. The summed E-state index contributed by atoms with van der Waals surface area (Å²) >= 11 is 0. The standard InChI is InChI=1S/C18H17F3N6O2/c1-26(9-18(19,20)21)17(29)13-6-12(24-25-13)11-4-5-15-22-14(8-27(15)7-11)23-16(28)10-2-3-10/h4-8,10H,2-3,9H2,1H3,(H,23,28)(H,24,25). The van der Waals surface area contributed by atoms with E-state index in [1.54, 1.807) is 28.9 Å². The van der Waals surface area contributed by atoms with Gasteiger partial charge >= 0.3 is 6.18 Å². The second-order valence-electron chi connectivity index (χ2n) is 7.02. The predicted octanol–water partition coefficient (Wildman–Crippen LogP) is 2.71. The fourth-order valence-electron chi connectivity index (χ4n) is 2.90. The Labute approximate surface area is 162 Å². The summed E-state index contributed by atoms with van der Waals surface area (Å²) in [5.74, 6) is -0.362. The van der Waals surface area contributed by atoms with Crippen molar-refractivity contribution in [2.75, 3.05) is 18.9 Å². The molecule has 0 aliphatic heterocycles. The summed E-state index contributed by atoms with van der Waals surface area (Å²) in [4.78, 5) is 28.9. The average Bonchev–Trinajstić information content (AvgIpc) is 3.24. The van der Waals surface area contributed by atoms with Crippen LogP contribution in [0.2, 0.25) is 0 Å². The van der Waals surface area contributed by atoms with Crippen molar-refractivity contribution in [1.82, 2.24) is 24.5 Å². The Morgan fingerprint density at radius 1 is 1.31 bits per heavy atom. The van der Waals surface area contributed by atoms with Crippen molar-refractivity contribution >= 4 is 23.3 Å². The van der Waals surface area contributed by atoms with Gasteiger partial charge in [0, 0.05) is 24.7 Å². The number of hydrogen-bond acceptors (Lipinski definition) is 4. The van der Waals surface area contributed by atoms with E-state index < -0.39 is 18.6 Å². The molecule has 0 atom stereocenters. The van der Waals surface area contributed by atoms with Crippen molar-refractivity contribution in [1.29, 1.82) is 0 Å². The van der Waals surface area contributed by atoms with E-state index >= 15 is 0 Å². The van der Waals surface area contributed by atoms with Gasteiger partial charge < -0.3 is 14.6 Å². The molecule has 2 N–H and O–H groups in total. The van der Waals surface area contributed by atoms with E-state index in [0.717, 1.165) is 19.9 Å². The number of nitrogens with zero attached hydrogens (tertiary/aromatic N) is 4. The topological polar surface area (TPSA) is 95.4 Å². The van der Waals surface area contributed by atoms with Gasteiger partial charge in [0.1, 0.15) is 17.9 Å². The molecule has 2 amide bonds. The van der Waals surface area contributed by atoms with E-state index in [-0.39, 0.29) is 17.5 Å². The van der Waals surface area contributed by atoms with Crippen LogP contribution in [0.15, 0.2) is 30.6 Å². The van der Waals surface area contributed by atoms with Gasteiger partial charge in [0.2, 0.25) is 5.91 Å². The number of pyridine rings is 1. The van der Waals surface area contributed by atoms with Crippen LogP contribution < -0.4 is 5.32 Å². The average molecular weight is 406 g/mol. The molecule has 8 nitrogen and oxygen atoms in total. The molecule has 0 aromatic carbocycles. The molecule has 1 aliphatic carbocycles. The van der Waals surface area contributed by atoms with Crippen LogP contribution in [0.5, 0.6) is 0 Å². The highest BCUT2D eigenvalue weighted by Crippen LogP contribution is 2.30. The second-order valence-corrected chi connectivity index (χ2v) is 7.02. The van der Waals surface area contributed by atoms with Gasteiger partial charge in [-0.2, -0.15) is 18.3 Å². The third kappa shape index (κ3) is 4.23. The molecule has 152 valence electrons. The van der Waals surface area contributed by atoms with Crippen molar-refractivity contribution in [2.24, 2.45) is 5.92 Å². The Kier molecular flexibility index (Phi) is 4.52. The molecule has 1 fully saturated rings. The van der Waals surface area contributed by atoms with Crippen LogP contribution >= 0.6 is 0 Å². The third-order valence-corrected chi connectivity index (χ3v) is 4.52. The van der Waals surface area contributed by atoms with E-state index in [4.69, 9.17) is 0 Å². The lowest BCUT2D eigenvalue weighted by molar-refractivity contribution is -0.138. The van der Waals surface area contributed by atoms with Gasteiger partial charge in [-0.25, -0.2) is 4.98 Å². The summed E-state index contributed by atoms with van der Waals surface area (Å²) in [5, 5.41) is 9.27. The van der Waals surface area contributed by atoms with Crippen LogP contribution in [0.1, 0.15) is 23.3 Å². The lowest BCUT2D eigenvalue weighted by atomic mass is 10.2. The Morgan fingerprint density at radius 2 is 2.07 bits per heavy atom. The maximum atomic E-state index is 12.5. The fraction of sp³-hybridized carbons (Fsp3) is 0.333. The Hall–Kier alpha value is -3.37. The molecule has 0 bridgehead atoms. The van der Waals surface area contributed by atoms with Crippen LogP contribution in [0.3, 0.4) is 0 Å². The van der Waals surface area contributed by atoms with Gasteiger partial charge in [0.05, 0.1) is 11.9 Å². The number of hydrogen-bond donors (Lipinski definition) is 2. The maximum absolute atomic E-state index is 12.5. The molecule has 1 aliphatic rings. The summed E-state index contributed by atoms with van der Waals surface area (Å²) in [6.07, 6.45) is 0.670. The van der Waals surface area contributed by atoms with Gasteiger partial charge in [0.25, 0.3) is 5.91 Å². The van der Waals surface area contributed by atoms with Gasteiger partial charge in [0.15, 0.2) is 5.82 Å². The molecule has 11 heteroatoms. The highest BCUT2D eigenvalue weighted by molar-refractivity contribution is 5.94. The number of halogens is 3. The summed E-state index contributed by atoms with van der Waals surface area (Å²) in [5.41, 5.74) is 1.59. The number of nitrogens with one attached hydrogen (secondary N) is 2. The SMILES string of the molecule is CN(CC(F)(F)F)C(=O)c1cc(-c2ccc3nc(NC(=O)C4CC4)cn3c2)n[nH]1. The van der Waals surface area contributed by atoms with Gasteiger partial charge in [-0.15, -0.1) is 0 Å². The van der Waals surface area contributed by atoms with Crippen LogP contribution in [0.25, 0.3) is 16.9 Å². The number of H-pyrrole nitrogens is 1. The van der Waals surface area contributed by atoms with Crippen LogP contribution in [-0.4, -0.2) is 56.1 Å². The molecule has 3 aromatic rings. The van der Waals surface area contributed by atoms with E-state index in [2.05, 4.69) is 20.5 Å². The number of imidazole rings is 1. The minimum Gasteiger partial charge on any atom is -0.331 e. The van der Waals surface area contributed by atoms with Crippen molar-refractivity contribution in [2.45, 2.75) is 19.0 Å². The van der Waals surface area contributed by atoms with Gasteiger partial charge in [-0.3, -0.25) is 14.7 Å². The van der Waals surface area contributed by atoms with Crippen molar-refractivity contribution < 1.29 is 22.8 Å². The van der Waals surface area contributed by atoms with E-state index in [0.29, 0.717) is 27.6 Å². The molecule has 4 rings (SSSR count). The zero-order valence-corrected chi connectivity index (χ0v) is 15.3. The summed E-state index contributed by atoms with van der Waals surface area (Å²) in [7, 11) is 1.07. The molecule has 3 aromatic heterocycles. The first-order chi connectivity index (χ1) is 13.7. The number of carbonyl (C=O) groups is 2. The first-order valence-corrected chi connectivity index (χ1v) is 8.87. The zero-order valence-electron chi connectivity index (χ0n) is 15.3. The van der Waals surface area contributed by atoms with E-state index in [9.17, 15) is 22.8 Å².